The molecular weight excluding hydrogens is 302 g/mol. The molecule has 2 aromatic rings. The monoisotopic (exact) mass is 325 g/mol. The highest BCUT2D eigenvalue weighted by molar-refractivity contribution is 5.61. The molecule has 2 atom stereocenters. The van der Waals surface area contributed by atoms with Gasteiger partial charge in [-0.25, -0.2) is 4.68 Å². The van der Waals surface area contributed by atoms with Crippen molar-refractivity contribution in [3.05, 3.63) is 36.0 Å². The molecule has 0 amide bonds. The number of hydrogen-bond donors (Lipinski definition) is 1. The highest BCUT2D eigenvalue weighted by atomic mass is 16.5. The molecule has 5 rings (SSSR count). The van der Waals surface area contributed by atoms with E-state index in [0.717, 1.165) is 56.9 Å². The van der Waals surface area contributed by atoms with Crippen LogP contribution in [0.4, 0.5) is 0 Å². The minimum atomic E-state index is 0.390. The summed E-state index contributed by atoms with van der Waals surface area (Å²) < 4.78 is 7.70. The predicted molar refractivity (Wildman–Crippen MR) is 90.5 cm³/mol. The summed E-state index contributed by atoms with van der Waals surface area (Å²) in [7, 11) is 0. The summed E-state index contributed by atoms with van der Waals surface area (Å²) in [5.41, 5.74) is 3.39. The summed E-state index contributed by atoms with van der Waals surface area (Å²) in [4.78, 5) is 2.63. The molecule has 4 heterocycles. The molecule has 2 fully saturated rings. The third kappa shape index (κ3) is 2.37. The third-order valence-electron chi connectivity index (χ3n) is 5.71. The highest BCUT2D eigenvalue weighted by Crippen LogP contribution is 2.33. The topological polar surface area (TPSA) is 55.2 Å². The number of nitrogens with one attached hydrogen (secondary N) is 1. The summed E-state index contributed by atoms with van der Waals surface area (Å²) in [5.74, 6) is 0. The van der Waals surface area contributed by atoms with Crippen LogP contribution < -0.4 is 5.32 Å². The summed E-state index contributed by atoms with van der Waals surface area (Å²) in [6, 6.07) is 11.9. The first-order chi connectivity index (χ1) is 11.9. The van der Waals surface area contributed by atoms with Crippen LogP contribution in [0.15, 0.2) is 30.3 Å². The maximum Gasteiger partial charge on any atom is 0.117 e. The predicted octanol–water partition coefficient (Wildman–Crippen LogP) is 1.45. The Hall–Kier alpha value is -1.76. The van der Waals surface area contributed by atoms with Crippen LogP contribution in [-0.2, 0) is 11.3 Å². The van der Waals surface area contributed by atoms with E-state index in [9.17, 15) is 0 Å². The molecular formula is C18H23N5O. The minimum Gasteiger partial charge on any atom is -0.381 e. The van der Waals surface area contributed by atoms with E-state index in [0.29, 0.717) is 18.1 Å². The van der Waals surface area contributed by atoms with Crippen LogP contribution in [-0.4, -0.2) is 58.3 Å². The van der Waals surface area contributed by atoms with Gasteiger partial charge in [-0.15, -0.1) is 5.10 Å². The van der Waals surface area contributed by atoms with Gasteiger partial charge in [-0.3, -0.25) is 4.90 Å². The van der Waals surface area contributed by atoms with E-state index < -0.39 is 0 Å². The molecule has 3 aliphatic rings. The number of benzene rings is 1. The first-order valence-electron chi connectivity index (χ1n) is 8.95. The fourth-order valence-corrected chi connectivity index (χ4v) is 4.41. The van der Waals surface area contributed by atoms with Crippen LogP contribution in [0.2, 0.25) is 0 Å². The maximum absolute atomic E-state index is 5.52. The van der Waals surface area contributed by atoms with Gasteiger partial charge in [0.2, 0.25) is 0 Å². The van der Waals surface area contributed by atoms with Gasteiger partial charge in [0.1, 0.15) is 5.69 Å². The second-order valence-electron chi connectivity index (χ2n) is 7.05. The van der Waals surface area contributed by atoms with Crippen LogP contribution in [0.25, 0.3) is 11.3 Å². The molecule has 2 unspecified atom stereocenters. The smallest absolute Gasteiger partial charge is 0.117 e. The lowest BCUT2D eigenvalue weighted by Crippen LogP contribution is -2.43. The normalized spacial score (nSPS) is 27.8. The number of hydrogen-bond acceptors (Lipinski definition) is 5. The Balaban J connectivity index is 1.41. The Bertz CT molecular complexity index is 709. The minimum absolute atomic E-state index is 0.390. The third-order valence-corrected chi connectivity index (χ3v) is 5.71. The lowest BCUT2D eigenvalue weighted by atomic mass is 10.1. The molecule has 6 heteroatoms. The molecule has 6 nitrogen and oxygen atoms in total. The van der Waals surface area contributed by atoms with E-state index in [1.54, 1.807) is 0 Å². The van der Waals surface area contributed by atoms with Gasteiger partial charge >= 0.3 is 0 Å². The second kappa shape index (κ2) is 5.95. The molecule has 0 saturated carbocycles. The molecule has 0 aliphatic carbocycles. The van der Waals surface area contributed by atoms with Gasteiger partial charge in [0.15, 0.2) is 0 Å². The van der Waals surface area contributed by atoms with Crippen molar-refractivity contribution in [1.82, 2.24) is 25.2 Å². The van der Waals surface area contributed by atoms with Crippen molar-refractivity contribution >= 4 is 0 Å². The van der Waals surface area contributed by atoms with Crippen molar-refractivity contribution in [3.8, 4) is 11.3 Å². The second-order valence-corrected chi connectivity index (χ2v) is 7.05. The van der Waals surface area contributed by atoms with E-state index in [4.69, 9.17) is 4.74 Å². The molecule has 0 spiro atoms. The standard InChI is InChI=1S/C18H23N5O/c1-2-4-13(5-3-1)18-16-10-19-15-11-22(14-6-8-24-9-7-14)12-17(15)23(16)21-20-18/h1-5,14-15,17,19H,6-12H2. The van der Waals surface area contributed by atoms with Gasteiger partial charge in [0.25, 0.3) is 0 Å². The SMILES string of the molecule is c1ccc(-c2nnn3c2CNC2CN(C4CCOCC4)CC23)cc1. The summed E-state index contributed by atoms with van der Waals surface area (Å²) in [5, 5.41) is 12.8. The maximum atomic E-state index is 5.52. The molecule has 1 aromatic carbocycles. The summed E-state index contributed by atoms with van der Waals surface area (Å²) in [6.45, 7) is 4.82. The largest absolute Gasteiger partial charge is 0.381 e. The first-order valence-corrected chi connectivity index (χ1v) is 8.95. The summed E-state index contributed by atoms with van der Waals surface area (Å²) >= 11 is 0. The number of aromatic nitrogens is 3. The van der Waals surface area contributed by atoms with Crippen molar-refractivity contribution < 1.29 is 4.74 Å². The van der Waals surface area contributed by atoms with Gasteiger partial charge in [-0.1, -0.05) is 35.5 Å². The van der Waals surface area contributed by atoms with Gasteiger partial charge in [0.05, 0.1) is 11.7 Å². The number of ether oxygens (including phenoxy) is 1. The van der Waals surface area contributed by atoms with Crippen LogP contribution in [0.3, 0.4) is 0 Å². The Morgan fingerprint density at radius 3 is 2.75 bits per heavy atom. The van der Waals surface area contributed by atoms with Crippen molar-refractivity contribution in [2.75, 3.05) is 26.3 Å². The Morgan fingerprint density at radius 1 is 1.08 bits per heavy atom. The molecule has 1 aromatic heterocycles. The quantitative estimate of drug-likeness (QED) is 0.906. The van der Waals surface area contributed by atoms with Gasteiger partial charge in [-0.2, -0.15) is 0 Å². The molecule has 126 valence electrons. The van der Waals surface area contributed by atoms with Gasteiger partial charge < -0.3 is 10.1 Å². The van der Waals surface area contributed by atoms with Crippen molar-refractivity contribution in [1.29, 1.82) is 0 Å². The lowest BCUT2D eigenvalue weighted by molar-refractivity contribution is 0.0408. The van der Waals surface area contributed by atoms with E-state index in [1.165, 1.54) is 5.69 Å². The van der Waals surface area contributed by atoms with Gasteiger partial charge in [-0.05, 0) is 12.8 Å². The van der Waals surface area contributed by atoms with E-state index >= 15 is 0 Å². The fourth-order valence-electron chi connectivity index (χ4n) is 4.41. The van der Waals surface area contributed by atoms with Crippen LogP contribution in [0, 0.1) is 0 Å². The van der Waals surface area contributed by atoms with Gasteiger partial charge in [0, 0.05) is 50.5 Å². The van der Waals surface area contributed by atoms with E-state index in [2.05, 4.69) is 49.5 Å². The van der Waals surface area contributed by atoms with Crippen LogP contribution in [0.1, 0.15) is 24.6 Å². The molecule has 0 radical (unpaired) electrons. The Kier molecular flexibility index (Phi) is 3.61. The number of likely N-dealkylation sites (tertiary alicyclic amines) is 1. The van der Waals surface area contributed by atoms with Crippen molar-refractivity contribution in [3.63, 3.8) is 0 Å². The van der Waals surface area contributed by atoms with Crippen LogP contribution in [0.5, 0.6) is 0 Å². The Morgan fingerprint density at radius 2 is 1.92 bits per heavy atom. The molecule has 2 saturated heterocycles. The lowest BCUT2D eigenvalue weighted by Gasteiger charge is -2.30. The van der Waals surface area contributed by atoms with E-state index in [-0.39, 0.29) is 0 Å². The Labute approximate surface area is 141 Å². The zero-order chi connectivity index (χ0) is 15.9. The molecule has 24 heavy (non-hydrogen) atoms. The highest BCUT2D eigenvalue weighted by Gasteiger charge is 2.41. The average molecular weight is 325 g/mol. The molecule has 0 bridgehead atoms. The van der Waals surface area contributed by atoms with E-state index in [1.807, 2.05) is 6.07 Å². The summed E-state index contributed by atoms with van der Waals surface area (Å²) in [6.07, 6.45) is 2.30. The first kappa shape index (κ1) is 14.6. The fraction of sp³-hybridized carbons (Fsp3) is 0.556. The van der Waals surface area contributed by atoms with Crippen molar-refractivity contribution in [2.24, 2.45) is 0 Å². The average Bonchev–Trinajstić information content (AvgIpc) is 3.27. The number of fused-ring (bicyclic) bond motifs is 3. The van der Waals surface area contributed by atoms with Crippen molar-refractivity contribution in [2.45, 2.75) is 37.5 Å². The zero-order valence-electron chi connectivity index (χ0n) is 13.8. The zero-order valence-corrected chi connectivity index (χ0v) is 13.8. The number of rotatable bonds is 2. The van der Waals surface area contributed by atoms with Crippen LogP contribution >= 0.6 is 0 Å². The molecule has 3 aliphatic heterocycles. The number of nitrogens with zero attached hydrogens (tertiary/aromatic N) is 4. The molecule has 1 N–H and O–H groups in total.